The van der Waals surface area contributed by atoms with E-state index in [-0.39, 0.29) is 6.03 Å². The highest BCUT2D eigenvalue weighted by molar-refractivity contribution is 7.99. The number of para-hydroxylation sites is 1. The molecule has 2 aliphatic rings. The fourth-order valence-corrected chi connectivity index (χ4v) is 3.39. The van der Waals surface area contributed by atoms with Crippen LogP contribution in [-0.2, 0) is 9.47 Å². The van der Waals surface area contributed by atoms with E-state index in [1.165, 1.54) is 0 Å². The lowest BCUT2D eigenvalue weighted by molar-refractivity contribution is -0.181. The highest BCUT2D eigenvalue weighted by Crippen LogP contribution is 2.33. The second kappa shape index (κ2) is 7.02. The number of carbonyl (C=O) groups excluding carboxylic acids is 1. The summed E-state index contributed by atoms with van der Waals surface area (Å²) in [6.07, 6.45) is 1.24. The average Bonchev–Trinajstić information content (AvgIpc) is 2.97. The highest BCUT2D eigenvalue weighted by Gasteiger charge is 2.40. The Balaban J connectivity index is 1.60. The SMILES string of the molecule is O=C(Nc1ccccc1SC(F)F)N1CCC2(CC1)OCCO2. The number of amides is 2. The first-order valence-corrected chi connectivity index (χ1v) is 8.34. The monoisotopic (exact) mass is 344 g/mol. The van der Waals surface area contributed by atoms with Crippen molar-refractivity contribution in [2.45, 2.75) is 29.3 Å². The number of hydrogen-bond donors (Lipinski definition) is 1. The van der Waals surface area contributed by atoms with E-state index in [1.54, 1.807) is 29.2 Å². The van der Waals surface area contributed by atoms with E-state index in [0.717, 1.165) is 0 Å². The number of carbonyl (C=O) groups is 1. The maximum atomic E-state index is 12.6. The summed E-state index contributed by atoms with van der Waals surface area (Å²) >= 11 is 0.422. The fourth-order valence-electron chi connectivity index (χ4n) is 2.80. The largest absolute Gasteiger partial charge is 0.347 e. The van der Waals surface area contributed by atoms with Crippen LogP contribution >= 0.6 is 11.8 Å². The van der Waals surface area contributed by atoms with Crippen LogP contribution in [0.2, 0.25) is 0 Å². The maximum absolute atomic E-state index is 12.6. The molecule has 1 aromatic carbocycles. The molecule has 1 aromatic rings. The third kappa shape index (κ3) is 3.94. The number of benzene rings is 1. The number of piperidine rings is 1. The van der Waals surface area contributed by atoms with E-state index < -0.39 is 11.5 Å². The zero-order chi connectivity index (χ0) is 16.3. The summed E-state index contributed by atoms with van der Waals surface area (Å²) in [5.41, 5.74) is 0.399. The molecule has 23 heavy (non-hydrogen) atoms. The van der Waals surface area contributed by atoms with Crippen LogP contribution in [0.4, 0.5) is 19.3 Å². The van der Waals surface area contributed by atoms with Gasteiger partial charge in [-0.1, -0.05) is 23.9 Å². The lowest BCUT2D eigenvalue weighted by Gasteiger charge is -2.37. The van der Waals surface area contributed by atoms with Gasteiger partial charge in [0.15, 0.2) is 5.79 Å². The van der Waals surface area contributed by atoms with E-state index in [4.69, 9.17) is 9.47 Å². The Labute approximate surface area is 137 Å². The molecule has 0 aromatic heterocycles. The number of thioether (sulfide) groups is 1. The van der Waals surface area contributed by atoms with Gasteiger partial charge in [-0.2, -0.15) is 8.78 Å². The van der Waals surface area contributed by atoms with Gasteiger partial charge in [-0.3, -0.25) is 0 Å². The summed E-state index contributed by atoms with van der Waals surface area (Å²) < 4.78 is 36.4. The highest BCUT2D eigenvalue weighted by atomic mass is 32.2. The maximum Gasteiger partial charge on any atom is 0.321 e. The molecule has 0 saturated carbocycles. The van der Waals surface area contributed by atoms with Crippen molar-refractivity contribution in [2.75, 3.05) is 31.6 Å². The number of halogens is 2. The number of urea groups is 1. The first kappa shape index (κ1) is 16.5. The van der Waals surface area contributed by atoms with Crippen LogP contribution in [0.5, 0.6) is 0 Å². The van der Waals surface area contributed by atoms with Gasteiger partial charge in [-0.25, -0.2) is 4.79 Å². The van der Waals surface area contributed by atoms with Crippen LogP contribution in [0, 0.1) is 0 Å². The molecule has 0 bridgehead atoms. The Morgan fingerprint density at radius 2 is 1.87 bits per heavy atom. The molecular formula is C15H18F2N2O3S. The van der Waals surface area contributed by atoms with E-state index in [9.17, 15) is 13.6 Å². The number of ether oxygens (including phenoxy) is 2. The molecule has 2 saturated heterocycles. The van der Waals surface area contributed by atoms with Gasteiger partial charge in [0.25, 0.3) is 5.76 Å². The Morgan fingerprint density at radius 3 is 2.52 bits per heavy atom. The van der Waals surface area contributed by atoms with E-state index in [1.807, 2.05) is 0 Å². The molecule has 1 spiro atoms. The minimum Gasteiger partial charge on any atom is -0.347 e. The minimum absolute atomic E-state index is 0.292. The van der Waals surface area contributed by atoms with Crippen LogP contribution in [0.15, 0.2) is 29.2 Å². The number of hydrogen-bond acceptors (Lipinski definition) is 4. The summed E-state index contributed by atoms with van der Waals surface area (Å²) in [4.78, 5) is 14.4. The number of likely N-dealkylation sites (tertiary alicyclic amines) is 1. The molecule has 0 radical (unpaired) electrons. The predicted molar refractivity (Wildman–Crippen MR) is 82.8 cm³/mol. The molecule has 0 aliphatic carbocycles. The standard InChI is InChI=1S/C15H18F2N2O3S/c16-13(17)23-12-4-2-1-3-11(12)18-14(20)19-7-5-15(6-8-19)21-9-10-22-15/h1-4,13H,5-10H2,(H,18,20). The minimum atomic E-state index is -2.53. The van der Waals surface area contributed by atoms with Gasteiger partial charge >= 0.3 is 6.03 Å². The molecule has 2 aliphatic heterocycles. The Kier molecular flexibility index (Phi) is 5.03. The van der Waals surface area contributed by atoms with Crippen LogP contribution < -0.4 is 5.32 Å². The Morgan fingerprint density at radius 1 is 1.22 bits per heavy atom. The van der Waals surface area contributed by atoms with Crippen molar-refractivity contribution in [3.63, 3.8) is 0 Å². The summed E-state index contributed by atoms with van der Waals surface area (Å²) in [7, 11) is 0. The van der Waals surface area contributed by atoms with Crippen LogP contribution in [0.25, 0.3) is 0 Å². The lowest BCUT2D eigenvalue weighted by Crippen LogP contribution is -2.48. The molecule has 0 unspecified atom stereocenters. The number of nitrogens with one attached hydrogen (secondary N) is 1. The molecule has 0 atom stereocenters. The van der Waals surface area contributed by atoms with E-state index >= 15 is 0 Å². The van der Waals surface area contributed by atoms with Gasteiger partial charge in [0.2, 0.25) is 0 Å². The molecular weight excluding hydrogens is 326 g/mol. The van der Waals surface area contributed by atoms with Crippen LogP contribution in [-0.4, -0.2) is 48.8 Å². The van der Waals surface area contributed by atoms with Gasteiger partial charge in [0.05, 0.1) is 18.9 Å². The van der Waals surface area contributed by atoms with Gasteiger partial charge in [-0.15, -0.1) is 0 Å². The summed E-state index contributed by atoms with van der Waals surface area (Å²) in [6, 6.07) is 6.27. The zero-order valence-corrected chi connectivity index (χ0v) is 13.3. The third-order valence-electron chi connectivity index (χ3n) is 3.97. The first-order valence-electron chi connectivity index (χ1n) is 7.46. The van der Waals surface area contributed by atoms with Crippen molar-refractivity contribution in [1.82, 2.24) is 4.90 Å². The summed E-state index contributed by atoms with van der Waals surface area (Å²) in [5, 5.41) is 2.72. The third-order valence-corrected chi connectivity index (χ3v) is 4.76. The van der Waals surface area contributed by atoms with Crippen LogP contribution in [0.1, 0.15) is 12.8 Å². The van der Waals surface area contributed by atoms with Crippen molar-refractivity contribution < 1.29 is 23.0 Å². The van der Waals surface area contributed by atoms with Crippen molar-refractivity contribution in [3.05, 3.63) is 24.3 Å². The smallest absolute Gasteiger partial charge is 0.321 e. The average molecular weight is 344 g/mol. The fraction of sp³-hybridized carbons (Fsp3) is 0.533. The molecule has 3 rings (SSSR count). The molecule has 126 valence electrons. The molecule has 2 amide bonds. The van der Waals surface area contributed by atoms with Crippen molar-refractivity contribution in [2.24, 2.45) is 0 Å². The van der Waals surface area contributed by atoms with Gasteiger partial charge in [0.1, 0.15) is 0 Å². The van der Waals surface area contributed by atoms with E-state index in [2.05, 4.69) is 5.32 Å². The van der Waals surface area contributed by atoms with Crippen molar-refractivity contribution >= 4 is 23.5 Å². The molecule has 2 fully saturated rings. The summed E-state index contributed by atoms with van der Waals surface area (Å²) in [6.45, 7) is 2.20. The molecule has 2 heterocycles. The van der Waals surface area contributed by atoms with Gasteiger partial charge < -0.3 is 19.7 Å². The number of anilines is 1. The van der Waals surface area contributed by atoms with Gasteiger partial charge in [-0.05, 0) is 12.1 Å². The predicted octanol–water partition coefficient (Wildman–Crippen LogP) is 3.37. The normalized spacial score (nSPS) is 20.2. The topological polar surface area (TPSA) is 50.8 Å². The number of nitrogens with zero attached hydrogens (tertiary/aromatic N) is 1. The summed E-state index contributed by atoms with van der Waals surface area (Å²) in [5.74, 6) is -3.07. The van der Waals surface area contributed by atoms with Crippen LogP contribution in [0.3, 0.4) is 0 Å². The molecule has 1 N–H and O–H groups in total. The Hall–Kier alpha value is -1.38. The van der Waals surface area contributed by atoms with Gasteiger partial charge in [0, 0.05) is 30.8 Å². The lowest BCUT2D eigenvalue weighted by atomic mass is 10.0. The number of alkyl halides is 2. The molecule has 5 nitrogen and oxygen atoms in total. The second-order valence-corrected chi connectivity index (χ2v) is 6.43. The van der Waals surface area contributed by atoms with E-state index in [0.29, 0.717) is 61.5 Å². The second-order valence-electron chi connectivity index (χ2n) is 5.40. The Bertz CT molecular complexity index is 557. The van der Waals surface area contributed by atoms with Crippen molar-refractivity contribution in [3.8, 4) is 0 Å². The number of rotatable bonds is 3. The molecule has 8 heteroatoms. The quantitative estimate of drug-likeness (QED) is 0.854. The first-order chi connectivity index (χ1) is 11.1. The zero-order valence-electron chi connectivity index (χ0n) is 12.5. The van der Waals surface area contributed by atoms with Crippen molar-refractivity contribution in [1.29, 1.82) is 0 Å².